The van der Waals surface area contributed by atoms with Crippen molar-refractivity contribution in [1.82, 2.24) is 0 Å². The molecule has 32 heavy (non-hydrogen) atoms. The van der Waals surface area contributed by atoms with E-state index in [0.29, 0.717) is 16.5 Å². The number of hydrogen-bond acceptors (Lipinski definition) is 4. The van der Waals surface area contributed by atoms with Crippen LogP contribution in [-0.4, -0.2) is 20.4 Å². The van der Waals surface area contributed by atoms with Gasteiger partial charge in [0, 0.05) is 16.4 Å². The Morgan fingerprint density at radius 2 is 1.50 bits per heavy atom. The Balaban J connectivity index is 1.64. The number of carbonyl (C=O) groups is 1. The average Bonchev–Trinajstić information content (AvgIpc) is 2.74. The number of aryl methyl sites for hydroxylation is 2. The molecule has 0 radical (unpaired) electrons. The van der Waals surface area contributed by atoms with Gasteiger partial charge >= 0.3 is 0 Å². The fourth-order valence-corrected chi connectivity index (χ4v) is 4.09. The monoisotopic (exact) mass is 476 g/mol. The lowest BCUT2D eigenvalue weighted by molar-refractivity contribution is -0.122. The first kappa shape index (κ1) is 23.6. The van der Waals surface area contributed by atoms with Crippen molar-refractivity contribution >= 4 is 38.9 Å². The Morgan fingerprint density at radius 3 is 2.06 bits per heavy atom. The summed E-state index contributed by atoms with van der Waals surface area (Å²) in [5.41, 5.74) is 2.35. The summed E-state index contributed by atoms with van der Waals surface area (Å²) in [6, 6.07) is 14.1. The molecule has 0 fully saturated rings. The number of hydrogen-bond donors (Lipinski definition) is 2. The molecule has 1 atom stereocenters. The molecular formula is C23H22ClFN2O4S. The van der Waals surface area contributed by atoms with E-state index in [1.54, 1.807) is 19.1 Å². The van der Waals surface area contributed by atoms with E-state index in [9.17, 15) is 17.6 Å². The van der Waals surface area contributed by atoms with Crippen LogP contribution < -0.4 is 14.8 Å². The first-order valence-corrected chi connectivity index (χ1v) is 11.5. The zero-order chi connectivity index (χ0) is 23.5. The normalized spacial score (nSPS) is 12.2. The van der Waals surface area contributed by atoms with Crippen molar-refractivity contribution in [3.8, 4) is 5.75 Å². The van der Waals surface area contributed by atoms with Crippen LogP contribution in [0.25, 0.3) is 0 Å². The molecule has 1 amide bonds. The van der Waals surface area contributed by atoms with Crippen molar-refractivity contribution in [2.24, 2.45) is 0 Å². The van der Waals surface area contributed by atoms with Crippen molar-refractivity contribution in [3.63, 3.8) is 0 Å². The standard InChI is InChI=1S/C23H22ClFN2O4S/c1-14-12-20(13-15(2)22(14)24)31-16(3)23(28)26-18-8-10-21(11-9-18)32(29,30)27-19-6-4-17(25)5-7-19/h4-13,16,27H,1-3H3,(H,26,28)/t16-/m1/s1. The Bertz CT molecular complexity index is 1210. The minimum Gasteiger partial charge on any atom is -0.481 e. The van der Waals surface area contributed by atoms with Gasteiger partial charge < -0.3 is 10.1 Å². The van der Waals surface area contributed by atoms with Gasteiger partial charge in [-0.15, -0.1) is 0 Å². The summed E-state index contributed by atoms with van der Waals surface area (Å²) in [5.74, 6) is -0.330. The van der Waals surface area contributed by atoms with E-state index in [-0.39, 0.29) is 10.6 Å². The van der Waals surface area contributed by atoms with E-state index in [4.69, 9.17) is 16.3 Å². The van der Waals surface area contributed by atoms with Gasteiger partial charge in [0.05, 0.1) is 4.90 Å². The lowest BCUT2D eigenvalue weighted by Crippen LogP contribution is -2.30. The number of sulfonamides is 1. The molecule has 6 nitrogen and oxygen atoms in total. The first-order valence-electron chi connectivity index (χ1n) is 9.68. The fraction of sp³-hybridized carbons (Fsp3) is 0.174. The molecule has 3 aromatic carbocycles. The second kappa shape index (κ2) is 9.58. The van der Waals surface area contributed by atoms with E-state index in [0.717, 1.165) is 23.3 Å². The topological polar surface area (TPSA) is 84.5 Å². The zero-order valence-electron chi connectivity index (χ0n) is 17.6. The predicted octanol–water partition coefficient (Wildman–Crippen LogP) is 5.30. The van der Waals surface area contributed by atoms with Crippen molar-refractivity contribution in [1.29, 1.82) is 0 Å². The van der Waals surface area contributed by atoms with Crippen LogP contribution in [0, 0.1) is 19.7 Å². The summed E-state index contributed by atoms with van der Waals surface area (Å²) in [5, 5.41) is 3.34. The SMILES string of the molecule is Cc1cc(O[C@H](C)C(=O)Nc2ccc(S(=O)(=O)Nc3ccc(F)cc3)cc2)cc(C)c1Cl. The van der Waals surface area contributed by atoms with E-state index >= 15 is 0 Å². The summed E-state index contributed by atoms with van der Waals surface area (Å²) >= 11 is 6.16. The van der Waals surface area contributed by atoms with Gasteiger partial charge in [-0.1, -0.05) is 11.6 Å². The van der Waals surface area contributed by atoms with Crippen LogP contribution >= 0.6 is 11.6 Å². The zero-order valence-corrected chi connectivity index (χ0v) is 19.2. The van der Waals surface area contributed by atoms with Gasteiger partial charge in [-0.25, -0.2) is 12.8 Å². The molecule has 168 valence electrons. The number of benzene rings is 3. The van der Waals surface area contributed by atoms with Crippen molar-refractivity contribution in [2.45, 2.75) is 31.8 Å². The summed E-state index contributed by atoms with van der Waals surface area (Å²) < 4.78 is 46.1. The third-order valence-corrected chi connectivity index (χ3v) is 6.61. The molecule has 0 bridgehead atoms. The molecule has 0 aliphatic carbocycles. The van der Waals surface area contributed by atoms with E-state index in [2.05, 4.69) is 10.0 Å². The average molecular weight is 477 g/mol. The minimum atomic E-state index is -3.86. The molecule has 0 spiro atoms. The van der Waals surface area contributed by atoms with Crippen molar-refractivity contribution in [3.05, 3.63) is 82.6 Å². The quantitative estimate of drug-likeness (QED) is 0.484. The number of anilines is 2. The Morgan fingerprint density at radius 1 is 0.969 bits per heavy atom. The first-order chi connectivity index (χ1) is 15.0. The van der Waals surface area contributed by atoms with E-state index in [1.165, 1.54) is 36.4 Å². The molecule has 3 rings (SSSR count). The molecular weight excluding hydrogens is 455 g/mol. The molecule has 2 N–H and O–H groups in total. The molecule has 0 saturated heterocycles. The highest BCUT2D eigenvalue weighted by Gasteiger charge is 2.18. The van der Waals surface area contributed by atoms with Gasteiger partial charge in [0.25, 0.3) is 15.9 Å². The third kappa shape index (κ3) is 5.77. The summed E-state index contributed by atoms with van der Waals surface area (Å²) in [6.45, 7) is 5.32. The van der Waals surface area contributed by atoms with Gasteiger partial charge in [-0.2, -0.15) is 0 Å². The summed E-state index contributed by atoms with van der Waals surface area (Å²) in [7, 11) is -3.86. The van der Waals surface area contributed by atoms with E-state index < -0.39 is 27.9 Å². The second-order valence-corrected chi connectivity index (χ2v) is 9.32. The van der Waals surface area contributed by atoms with Crippen LogP contribution in [-0.2, 0) is 14.8 Å². The molecule has 0 aliphatic heterocycles. The number of amides is 1. The second-order valence-electron chi connectivity index (χ2n) is 7.26. The highest BCUT2D eigenvalue weighted by atomic mass is 35.5. The molecule has 9 heteroatoms. The molecule has 0 unspecified atom stereocenters. The number of rotatable bonds is 7. The highest BCUT2D eigenvalue weighted by Crippen LogP contribution is 2.26. The van der Waals surface area contributed by atoms with Gasteiger partial charge in [0.1, 0.15) is 11.6 Å². The van der Waals surface area contributed by atoms with Crippen LogP contribution in [0.15, 0.2) is 65.6 Å². The maximum Gasteiger partial charge on any atom is 0.265 e. The summed E-state index contributed by atoms with van der Waals surface area (Å²) in [4.78, 5) is 12.5. The molecule has 0 saturated carbocycles. The van der Waals surface area contributed by atoms with Crippen molar-refractivity contribution in [2.75, 3.05) is 10.0 Å². The van der Waals surface area contributed by atoms with Crippen molar-refractivity contribution < 1.29 is 22.3 Å². The smallest absolute Gasteiger partial charge is 0.265 e. The van der Waals surface area contributed by atoms with Gasteiger partial charge in [0.2, 0.25) is 0 Å². The van der Waals surface area contributed by atoms with Crippen LogP contribution in [0.4, 0.5) is 15.8 Å². The molecule has 0 aliphatic rings. The van der Waals surface area contributed by atoms with E-state index in [1.807, 2.05) is 13.8 Å². The fourth-order valence-electron chi connectivity index (χ4n) is 2.93. The Kier molecular flexibility index (Phi) is 7.06. The number of halogens is 2. The molecule has 3 aromatic rings. The van der Waals surface area contributed by atoms with Crippen LogP contribution in [0.5, 0.6) is 5.75 Å². The lowest BCUT2D eigenvalue weighted by atomic mass is 10.1. The van der Waals surface area contributed by atoms with Crippen LogP contribution in [0.1, 0.15) is 18.1 Å². The van der Waals surface area contributed by atoms with Gasteiger partial charge in [-0.05, 0) is 92.6 Å². The van der Waals surface area contributed by atoms with Gasteiger partial charge in [-0.3, -0.25) is 9.52 Å². The Hall–Kier alpha value is -3.10. The minimum absolute atomic E-state index is 0.00348. The largest absolute Gasteiger partial charge is 0.481 e. The predicted molar refractivity (Wildman–Crippen MR) is 123 cm³/mol. The molecule has 0 heterocycles. The van der Waals surface area contributed by atoms with Crippen LogP contribution in [0.2, 0.25) is 5.02 Å². The maximum atomic E-state index is 13.0. The number of ether oxygens (including phenoxy) is 1. The summed E-state index contributed by atoms with van der Waals surface area (Å²) in [6.07, 6.45) is -0.793. The maximum absolute atomic E-state index is 13.0. The highest BCUT2D eigenvalue weighted by molar-refractivity contribution is 7.92. The number of nitrogens with one attached hydrogen (secondary N) is 2. The Labute approximate surface area is 191 Å². The van der Waals surface area contributed by atoms with Gasteiger partial charge in [0.15, 0.2) is 6.10 Å². The molecule has 0 aromatic heterocycles. The number of carbonyl (C=O) groups excluding carboxylic acids is 1. The third-order valence-electron chi connectivity index (χ3n) is 4.62. The van der Waals surface area contributed by atoms with Crippen LogP contribution in [0.3, 0.4) is 0 Å². The lowest BCUT2D eigenvalue weighted by Gasteiger charge is -2.16.